The maximum Gasteiger partial charge on any atom is 0.115 e. The average molecular weight is 234 g/mol. The van der Waals surface area contributed by atoms with Gasteiger partial charge in [-0.15, -0.1) is 5.10 Å². The van der Waals surface area contributed by atoms with Gasteiger partial charge in [0.1, 0.15) is 6.33 Å². The lowest BCUT2D eigenvalue weighted by atomic mass is 10.4. The SMILES string of the molecule is OCCn1cc(CNCc2ccncn2)nn1. The van der Waals surface area contributed by atoms with Crippen LogP contribution in [0.4, 0.5) is 0 Å². The van der Waals surface area contributed by atoms with Crippen molar-refractivity contribution in [3.05, 3.63) is 36.2 Å². The van der Waals surface area contributed by atoms with E-state index in [1.54, 1.807) is 10.9 Å². The highest BCUT2D eigenvalue weighted by molar-refractivity contribution is 4.98. The number of aliphatic hydroxyl groups is 1. The number of rotatable bonds is 6. The number of aromatic nitrogens is 5. The van der Waals surface area contributed by atoms with Crippen LogP contribution in [0.15, 0.2) is 24.8 Å². The Hall–Kier alpha value is -1.86. The van der Waals surface area contributed by atoms with Gasteiger partial charge in [-0.05, 0) is 6.07 Å². The first kappa shape index (κ1) is 11.6. The predicted octanol–water partition coefficient (Wildman–Crippen LogP) is -0.650. The molecule has 0 saturated carbocycles. The molecule has 0 spiro atoms. The van der Waals surface area contributed by atoms with Gasteiger partial charge >= 0.3 is 0 Å². The molecule has 0 amide bonds. The van der Waals surface area contributed by atoms with Crippen LogP contribution in [0, 0.1) is 0 Å². The van der Waals surface area contributed by atoms with Crippen molar-refractivity contribution in [1.29, 1.82) is 0 Å². The molecular weight excluding hydrogens is 220 g/mol. The zero-order valence-electron chi connectivity index (χ0n) is 9.32. The van der Waals surface area contributed by atoms with Gasteiger partial charge in [0.05, 0.1) is 24.5 Å². The maximum absolute atomic E-state index is 8.74. The Bertz CT molecular complexity index is 443. The number of aliphatic hydroxyl groups excluding tert-OH is 1. The van der Waals surface area contributed by atoms with E-state index in [9.17, 15) is 0 Å². The number of hydrogen-bond acceptors (Lipinski definition) is 6. The largest absolute Gasteiger partial charge is 0.394 e. The first-order chi connectivity index (χ1) is 8.38. The zero-order valence-corrected chi connectivity index (χ0v) is 9.32. The summed E-state index contributed by atoms with van der Waals surface area (Å²) in [5.74, 6) is 0. The van der Waals surface area contributed by atoms with Gasteiger partial charge in [0.25, 0.3) is 0 Å². The van der Waals surface area contributed by atoms with Crippen molar-refractivity contribution >= 4 is 0 Å². The van der Waals surface area contributed by atoms with Gasteiger partial charge in [-0.3, -0.25) is 0 Å². The molecule has 0 unspecified atom stereocenters. The maximum atomic E-state index is 8.74. The van der Waals surface area contributed by atoms with Gasteiger partial charge in [-0.2, -0.15) is 0 Å². The fourth-order valence-corrected chi connectivity index (χ4v) is 1.37. The lowest BCUT2D eigenvalue weighted by Gasteiger charge is -2.00. The molecule has 90 valence electrons. The molecule has 2 N–H and O–H groups in total. The first-order valence-electron chi connectivity index (χ1n) is 5.34. The fraction of sp³-hybridized carbons (Fsp3) is 0.400. The Morgan fingerprint density at radius 2 is 2.18 bits per heavy atom. The number of nitrogens with zero attached hydrogens (tertiary/aromatic N) is 5. The molecule has 7 nitrogen and oxygen atoms in total. The number of nitrogens with one attached hydrogen (secondary N) is 1. The molecule has 0 bridgehead atoms. The van der Waals surface area contributed by atoms with Gasteiger partial charge in [-0.25, -0.2) is 14.6 Å². The fourth-order valence-electron chi connectivity index (χ4n) is 1.37. The molecule has 0 aliphatic carbocycles. The molecule has 0 aliphatic heterocycles. The Kier molecular flexibility index (Phi) is 4.11. The van der Waals surface area contributed by atoms with Crippen LogP contribution in [0.25, 0.3) is 0 Å². The Morgan fingerprint density at radius 1 is 1.29 bits per heavy atom. The Labute approximate surface area is 98.5 Å². The molecule has 0 fully saturated rings. The Morgan fingerprint density at radius 3 is 2.94 bits per heavy atom. The summed E-state index contributed by atoms with van der Waals surface area (Å²) < 4.78 is 1.61. The summed E-state index contributed by atoms with van der Waals surface area (Å²) in [5, 5.41) is 19.8. The lowest BCUT2D eigenvalue weighted by Crippen LogP contribution is -2.14. The van der Waals surface area contributed by atoms with Gasteiger partial charge in [0.15, 0.2) is 0 Å². The van der Waals surface area contributed by atoms with E-state index in [4.69, 9.17) is 5.11 Å². The standard InChI is InChI=1S/C10H14N6O/c17-4-3-16-7-10(14-15-16)6-12-5-9-1-2-11-8-13-9/h1-2,7-8,12,17H,3-6H2. The normalized spacial score (nSPS) is 10.6. The highest BCUT2D eigenvalue weighted by Crippen LogP contribution is 1.94. The van der Waals surface area contributed by atoms with Crippen molar-refractivity contribution in [2.75, 3.05) is 6.61 Å². The minimum Gasteiger partial charge on any atom is -0.394 e. The van der Waals surface area contributed by atoms with E-state index < -0.39 is 0 Å². The molecule has 0 aliphatic rings. The average Bonchev–Trinajstić information content (AvgIpc) is 2.79. The summed E-state index contributed by atoms with van der Waals surface area (Å²) >= 11 is 0. The molecule has 0 aromatic carbocycles. The minimum atomic E-state index is 0.0666. The van der Waals surface area contributed by atoms with Gasteiger partial charge < -0.3 is 10.4 Å². The van der Waals surface area contributed by atoms with E-state index >= 15 is 0 Å². The predicted molar refractivity (Wildman–Crippen MR) is 59.7 cm³/mol. The van der Waals surface area contributed by atoms with Crippen LogP contribution in [0.3, 0.4) is 0 Å². The van der Waals surface area contributed by atoms with E-state index in [2.05, 4.69) is 25.6 Å². The van der Waals surface area contributed by atoms with E-state index in [-0.39, 0.29) is 6.61 Å². The summed E-state index contributed by atoms with van der Waals surface area (Å²) in [6.45, 7) is 1.82. The van der Waals surface area contributed by atoms with Crippen LogP contribution in [0.2, 0.25) is 0 Å². The smallest absolute Gasteiger partial charge is 0.115 e. The summed E-state index contributed by atoms with van der Waals surface area (Å²) in [6.07, 6.45) is 5.04. The second-order valence-corrected chi connectivity index (χ2v) is 3.50. The summed E-state index contributed by atoms with van der Waals surface area (Å²) in [4.78, 5) is 7.94. The lowest BCUT2D eigenvalue weighted by molar-refractivity contribution is 0.268. The van der Waals surface area contributed by atoms with E-state index in [0.29, 0.717) is 19.6 Å². The third kappa shape index (κ3) is 3.58. The molecule has 2 aromatic rings. The van der Waals surface area contributed by atoms with Crippen LogP contribution >= 0.6 is 0 Å². The minimum absolute atomic E-state index is 0.0666. The van der Waals surface area contributed by atoms with E-state index in [0.717, 1.165) is 11.4 Å². The summed E-state index contributed by atoms with van der Waals surface area (Å²) in [7, 11) is 0. The van der Waals surface area contributed by atoms with E-state index in [1.807, 2.05) is 12.3 Å². The molecule has 0 atom stereocenters. The van der Waals surface area contributed by atoms with Crippen molar-refractivity contribution in [2.45, 2.75) is 19.6 Å². The second kappa shape index (κ2) is 6.02. The van der Waals surface area contributed by atoms with Crippen LogP contribution in [-0.4, -0.2) is 36.7 Å². The van der Waals surface area contributed by atoms with E-state index in [1.165, 1.54) is 6.33 Å². The zero-order chi connectivity index (χ0) is 11.9. The Balaban J connectivity index is 1.78. The molecule has 2 rings (SSSR count). The molecule has 2 aromatic heterocycles. The van der Waals surface area contributed by atoms with Gasteiger partial charge in [0.2, 0.25) is 0 Å². The van der Waals surface area contributed by atoms with Crippen molar-refractivity contribution < 1.29 is 5.11 Å². The molecule has 17 heavy (non-hydrogen) atoms. The van der Waals surface area contributed by atoms with Gasteiger partial charge in [-0.1, -0.05) is 5.21 Å². The van der Waals surface area contributed by atoms with Crippen LogP contribution in [0.1, 0.15) is 11.4 Å². The molecule has 7 heteroatoms. The monoisotopic (exact) mass is 234 g/mol. The third-order valence-electron chi connectivity index (χ3n) is 2.17. The second-order valence-electron chi connectivity index (χ2n) is 3.50. The van der Waals surface area contributed by atoms with Crippen molar-refractivity contribution in [3.63, 3.8) is 0 Å². The first-order valence-corrected chi connectivity index (χ1v) is 5.34. The third-order valence-corrected chi connectivity index (χ3v) is 2.17. The van der Waals surface area contributed by atoms with Crippen molar-refractivity contribution in [3.8, 4) is 0 Å². The summed E-state index contributed by atoms with van der Waals surface area (Å²) in [5.41, 5.74) is 1.77. The van der Waals surface area contributed by atoms with Crippen molar-refractivity contribution in [2.24, 2.45) is 0 Å². The number of hydrogen-bond donors (Lipinski definition) is 2. The molecule has 0 saturated heterocycles. The topological polar surface area (TPSA) is 88.8 Å². The van der Waals surface area contributed by atoms with Crippen LogP contribution in [-0.2, 0) is 19.6 Å². The highest BCUT2D eigenvalue weighted by Gasteiger charge is 2.00. The van der Waals surface area contributed by atoms with Crippen LogP contribution < -0.4 is 5.32 Å². The van der Waals surface area contributed by atoms with Crippen molar-refractivity contribution in [1.82, 2.24) is 30.3 Å². The highest BCUT2D eigenvalue weighted by atomic mass is 16.3. The molecule has 0 radical (unpaired) electrons. The quantitative estimate of drug-likeness (QED) is 0.690. The molecular formula is C10H14N6O. The van der Waals surface area contributed by atoms with Gasteiger partial charge in [0, 0.05) is 25.5 Å². The molecule has 2 heterocycles. The van der Waals surface area contributed by atoms with Crippen LogP contribution in [0.5, 0.6) is 0 Å². The summed E-state index contributed by atoms with van der Waals surface area (Å²) in [6, 6.07) is 1.86.